The van der Waals surface area contributed by atoms with Crippen LogP contribution < -0.4 is 5.32 Å². The summed E-state index contributed by atoms with van der Waals surface area (Å²) >= 11 is 0. The van der Waals surface area contributed by atoms with E-state index in [1.807, 2.05) is 0 Å². The lowest BCUT2D eigenvalue weighted by Crippen LogP contribution is -2.19. The first kappa shape index (κ1) is 6.97. The molecule has 0 aromatic carbocycles. The summed E-state index contributed by atoms with van der Waals surface area (Å²) in [6, 6.07) is 0. The van der Waals surface area contributed by atoms with E-state index in [-0.39, 0.29) is 18.2 Å². The molecule has 0 aromatic rings. The van der Waals surface area contributed by atoms with Crippen LogP contribution >= 0.6 is 0 Å². The minimum Gasteiger partial charge on any atom is -0.292 e. The van der Waals surface area contributed by atoms with Gasteiger partial charge >= 0.3 is 0 Å². The first-order valence-electron chi connectivity index (χ1n) is 3.54. The summed E-state index contributed by atoms with van der Waals surface area (Å²) in [4.78, 5) is 25.7. The number of hydrogen-bond donors (Lipinski definition) is 1. The largest absolute Gasteiger partial charge is 0.292 e. The lowest BCUT2D eigenvalue weighted by atomic mass is 10.1. The predicted octanol–water partition coefficient (Wildman–Crippen LogP) is -0.0724. The smallest absolute Gasteiger partial charge is 0.254 e. The third kappa shape index (κ3) is 0.972. The van der Waals surface area contributed by atoms with E-state index < -0.39 is 0 Å². The van der Waals surface area contributed by atoms with Gasteiger partial charge in [-0.2, -0.15) is 0 Å². The Morgan fingerprint density at radius 2 is 2.25 bits per heavy atom. The molecular weight excluding hydrogens is 156 g/mol. The fraction of sp³-hybridized carbons (Fsp3) is 0.125. The van der Waals surface area contributed by atoms with E-state index in [0.29, 0.717) is 5.57 Å². The fourth-order valence-electron chi connectivity index (χ4n) is 1.19. The third-order valence-electron chi connectivity index (χ3n) is 1.77. The molecule has 0 saturated carbocycles. The second kappa shape index (κ2) is 2.41. The number of amides is 2. The number of carbonyl (C=O) groups is 2. The monoisotopic (exact) mass is 162 g/mol. The minimum atomic E-state index is -0.298. The van der Waals surface area contributed by atoms with Gasteiger partial charge in [-0.15, -0.1) is 0 Å². The zero-order valence-electron chi connectivity index (χ0n) is 6.20. The summed E-state index contributed by atoms with van der Waals surface area (Å²) in [6.45, 7) is 0. The van der Waals surface area contributed by atoms with Crippen LogP contribution in [0.3, 0.4) is 0 Å². The fourth-order valence-corrected chi connectivity index (χ4v) is 1.19. The van der Waals surface area contributed by atoms with Gasteiger partial charge in [-0.05, 0) is 6.08 Å². The van der Waals surface area contributed by atoms with E-state index in [2.05, 4.69) is 10.3 Å². The van der Waals surface area contributed by atoms with Gasteiger partial charge in [0.1, 0.15) is 0 Å². The van der Waals surface area contributed by atoms with Crippen LogP contribution in [0.25, 0.3) is 0 Å². The molecule has 1 N–H and O–H groups in total. The number of aliphatic imine (C=N–C) groups is 1. The van der Waals surface area contributed by atoms with Crippen molar-refractivity contribution in [3.8, 4) is 0 Å². The van der Waals surface area contributed by atoms with E-state index in [1.165, 1.54) is 0 Å². The molecule has 0 bridgehead atoms. The van der Waals surface area contributed by atoms with Gasteiger partial charge in [0.05, 0.1) is 6.42 Å². The lowest BCUT2D eigenvalue weighted by Gasteiger charge is -1.92. The summed E-state index contributed by atoms with van der Waals surface area (Å²) in [5, 5.41) is 2.21. The van der Waals surface area contributed by atoms with Crippen LogP contribution in [-0.4, -0.2) is 18.0 Å². The molecule has 2 aliphatic heterocycles. The number of allylic oxidation sites excluding steroid dienone is 2. The van der Waals surface area contributed by atoms with Crippen molar-refractivity contribution in [3.05, 3.63) is 23.4 Å². The standard InChI is InChI=1S/C8H6N2O2/c11-7-3-6(8(12)10-7)5-1-2-9-4-5/h1-2,4H,3H2,(H,10,11,12). The Labute approximate surface area is 68.7 Å². The quantitative estimate of drug-likeness (QED) is 0.400. The summed E-state index contributed by atoms with van der Waals surface area (Å²) < 4.78 is 0. The normalized spacial score (nSPS) is 27.0. The van der Waals surface area contributed by atoms with Crippen molar-refractivity contribution in [1.82, 2.24) is 5.32 Å². The van der Waals surface area contributed by atoms with Crippen molar-refractivity contribution in [2.45, 2.75) is 6.42 Å². The second-order valence-corrected chi connectivity index (χ2v) is 2.58. The first-order chi connectivity index (χ1) is 5.77. The van der Waals surface area contributed by atoms with E-state index in [4.69, 9.17) is 0 Å². The molecule has 0 aliphatic carbocycles. The molecule has 0 unspecified atom stereocenters. The second-order valence-electron chi connectivity index (χ2n) is 2.58. The molecule has 2 amide bonds. The average molecular weight is 162 g/mol. The van der Waals surface area contributed by atoms with Crippen molar-refractivity contribution in [3.63, 3.8) is 0 Å². The Balaban J connectivity index is 2.41. The number of imide groups is 1. The summed E-state index contributed by atoms with van der Waals surface area (Å²) in [5.41, 5.74) is 1.25. The Morgan fingerprint density at radius 1 is 1.42 bits per heavy atom. The highest BCUT2D eigenvalue weighted by Crippen LogP contribution is 2.16. The van der Waals surface area contributed by atoms with Crippen LogP contribution in [0.5, 0.6) is 0 Å². The molecule has 0 atom stereocenters. The van der Waals surface area contributed by atoms with Crippen LogP contribution in [0.1, 0.15) is 6.42 Å². The maximum Gasteiger partial charge on any atom is 0.254 e. The third-order valence-corrected chi connectivity index (χ3v) is 1.77. The molecule has 1 fully saturated rings. The molecule has 2 rings (SSSR count). The van der Waals surface area contributed by atoms with Gasteiger partial charge in [-0.3, -0.25) is 19.9 Å². The lowest BCUT2D eigenvalue weighted by molar-refractivity contribution is -0.124. The highest BCUT2D eigenvalue weighted by atomic mass is 16.2. The molecule has 2 aliphatic rings. The summed E-state index contributed by atoms with van der Waals surface area (Å²) in [5.74, 6) is -0.538. The molecule has 1 saturated heterocycles. The summed E-state index contributed by atoms with van der Waals surface area (Å²) in [7, 11) is 0. The highest BCUT2D eigenvalue weighted by Gasteiger charge is 2.26. The van der Waals surface area contributed by atoms with Crippen molar-refractivity contribution >= 4 is 18.0 Å². The molecule has 60 valence electrons. The van der Waals surface area contributed by atoms with Crippen LogP contribution in [-0.2, 0) is 9.59 Å². The van der Waals surface area contributed by atoms with Crippen LogP contribution in [0.15, 0.2) is 28.4 Å². The zero-order chi connectivity index (χ0) is 8.55. The number of rotatable bonds is 0. The van der Waals surface area contributed by atoms with Gasteiger partial charge in [0.15, 0.2) is 0 Å². The number of carbonyl (C=O) groups excluding carboxylic acids is 2. The topological polar surface area (TPSA) is 58.5 Å². The first-order valence-corrected chi connectivity index (χ1v) is 3.54. The maximum absolute atomic E-state index is 11.1. The number of nitrogens with one attached hydrogen (secondary N) is 1. The van der Waals surface area contributed by atoms with Crippen molar-refractivity contribution in [2.24, 2.45) is 4.99 Å². The minimum absolute atomic E-state index is 0.171. The summed E-state index contributed by atoms with van der Waals surface area (Å²) in [6.07, 6.45) is 5.06. The van der Waals surface area contributed by atoms with E-state index in [9.17, 15) is 9.59 Å². The Kier molecular flexibility index (Phi) is 1.40. The average Bonchev–Trinajstić information content (AvgIpc) is 2.58. The molecule has 0 aromatic heterocycles. The molecule has 0 radical (unpaired) electrons. The van der Waals surface area contributed by atoms with Gasteiger partial charge in [0, 0.05) is 23.6 Å². The SMILES string of the molecule is O=C1CC(=C2C=CN=C2)C(=O)N1. The van der Waals surface area contributed by atoms with E-state index in [0.717, 1.165) is 5.57 Å². The van der Waals surface area contributed by atoms with Gasteiger partial charge in [0.25, 0.3) is 5.91 Å². The van der Waals surface area contributed by atoms with Gasteiger partial charge in [-0.1, -0.05) is 0 Å². The predicted molar refractivity (Wildman–Crippen MR) is 42.4 cm³/mol. The maximum atomic E-state index is 11.1. The number of nitrogens with zero attached hydrogens (tertiary/aromatic N) is 1. The Hall–Kier alpha value is -1.71. The van der Waals surface area contributed by atoms with Crippen LogP contribution in [0.2, 0.25) is 0 Å². The zero-order valence-corrected chi connectivity index (χ0v) is 6.20. The van der Waals surface area contributed by atoms with Gasteiger partial charge < -0.3 is 0 Å². The van der Waals surface area contributed by atoms with Crippen molar-refractivity contribution < 1.29 is 9.59 Å². The van der Waals surface area contributed by atoms with Crippen molar-refractivity contribution in [1.29, 1.82) is 0 Å². The molecule has 2 heterocycles. The highest BCUT2D eigenvalue weighted by molar-refractivity contribution is 6.16. The Bertz CT molecular complexity index is 336. The van der Waals surface area contributed by atoms with Crippen LogP contribution in [0.4, 0.5) is 0 Å². The molecule has 0 spiro atoms. The van der Waals surface area contributed by atoms with Crippen molar-refractivity contribution in [2.75, 3.05) is 0 Å². The Morgan fingerprint density at radius 3 is 2.75 bits per heavy atom. The van der Waals surface area contributed by atoms with Gasteiger partial charge in [-0.25, -0.2) is 0 Å². The molecule has 12 heavy (non-hydrogen) atoms. The molecule has 4 heteroatoms. The van der Waals surface area contributed by atoms with Gasteiger partial charge in [0.2, 0.25) is 5.91 Å². The van der Waals surface area contributed by atoms with E-state index >= 15 is 0 Å². The number of hydrogen-bond acceptors (Lipinski definition) is 3. The van der Waals surface area contributed by atoms with E-state index in [1.54, 1.807) is 18.5 Å². The van der Waals surface area contributed by atoms with Crippen LogP contribution in [0, 0.1) is 0 Å². The molecule has 4 nitrogen and oxygen atoms in total. The molecular formula is C8H6N2O2.